The second-order valence-electron chi connectivity index (χ2n) is 8.21. The summed E-state index contributed by atoms with van der Waals surface area (Å²) in [5.41, 5.74) is 14.9. The molecule has 30 heavy (non-hydrogen) atoms. The number of nitrogens with two attached hydrogens (primary N) is 1. The largest absolute Gasteiger partial charge is 0.326 e. The quantitative estimate of drug-likeness (QED) is 0.531. The molecule has 1 aliphatic carbocycles. The molecule has 1 saturated carbocycles. The van der Waals surface area contributed by atoms with Crippen molar-refractivity contribution in [2.45, 2.75) is 79.9 Å². The molecular weight excluding hydrogens is 364 g/mol. The predicted molar refractivity (Wildman–Crippen MR) is 135 cm³/mol. The number of benzene rings is 2. The number of rotatable bonds is 5. The summed E-state index contributed by atoms with van der Waals surface area (Å²) in [7, 11) is 0. The average Bonchev–Trinajstić information content (AvgIpc) is 2.71. The zero-order chi connectivity index (χ0) is 22.7. The highest BCUT2D eigenvalue weighted by Crippen LogP contribution is 2.19. The van der Waals surface area contributed by atoms with E-state index < -0.39 is 0 Å². The molecule has 3 rings (SSSR count). The van der Waals surface area contributed by atoms with E-state index in [0.717, 1.165) is 12.1 Å². The van der Waals surface area contributed by atoms with E-state index in [1.165, 1.54) is 46.2 Å². The van der Waals surface area contributed by atoms with E-state index >= 15 is 0 Å². The van der Waals surface area contributed by atoms with Gasteiger partial charge in [0.2, 0.25) is 0 Å². The maximum atomic E-state index is 5.88. The smallest absolute Gasteiger partial charge is 0.0222 e. The van der Waals surface area contributed by atoms with Crippen LogP contribution in [0.2, 0.25) is 0 Å². The van der Waals surface area contributed by atoms with Crippen molar-refractivity contribution in [3.63, 3.8) is 0 Å². The molecular formula is C28H42N2. The Balaban J connectivity index is 0.000000280. The Morgan fingerprint density at radius 1 is 1.00 bits per heavy atom. The van der Waals surface area contributed by atoms with Crippen LogP contribution in [0.4, 0.5) is 0 Å². The standard InChI is InChI=1S/C13H20N2.C13H16.C2H6/c1-9-3-4-11(7-10(9)2)8-15-13-6-5-12(13)14;1-10(2)9-12(4)13-8-6-5-7-11(13)3;1-2/h3-4,7,12-13,15H,5-6,8,14H2,1-2H3;5-9H,4H2,1-3H3;1-2H3. The first kappa shape index (κ1) is 25.9. The summed E-state index contributed by atoms with van der Waals surface area (Å²) in [5.74, 6) is 0. The first-order chi connectivity index (χ1) is 14.3. The van der Waals surface area contributed by atoms with Crippen molar-refractivity contribution in [3.05, 3.63) is 88.5 Å². The van der Waals surface area contributed by atoms with Crippen molar-refractivity contribution >= 4 is 5.57 Å². The summed E-state index contributed by atoms with van der Waals surface area (Å²) in [6.45, 7) is 19.6. The molecule has 0 saturated heterocycles. The highest BCUT2D eigenvalue weighted by atomic mass is 15.0. The molecule has 2 aromatic rings. The fourth-order valence-electron chi connectivity index (χ4n) is 3.30. The lowest BCUT2D eigenvalue weighted by molar-refractivity contribution is 0.284. The van der Waals surface area contributed by atoms with Gasteiger partial charge in [0.15, 0.2) is 0 Å². The third-order valence-corrected chi connectivity index (χ3v) is 5.42. The molecule has 3 N–H and O–H groups in total. The fourth-order valence-corrected chi connectivity index (χ4v) is 3.30. The molecule has 2 atom stereocenters. The molecule has 2 aromatic carbocycles. The first-order valence-corrected chi connectivity index (χ1v) is 11.2. The molecule has 0 radical (unpaired) electrons. The van der Waals surface area contributed by atoms with Gasteiger partial charge < -0.3 is 11.1 Å². The van der Waals surface area contributed by atoms with Gasteiger partial charge in [-0.25, -0.2) is 0 Å². The van der Waals surface area contributed by atoms with E-state index in [0.29, 0.717) is 12.1 Å². The van der Waals surface area contributed by atoms with Crippen molar-refractivity contribution in [1.29, 1.82) is 0 Å². The van der Waals surface area contributed by atoms with E-state index in [1.807, 2.05) is 19.9 Å². The monoisotopic (exact) mass is 406 g/mol. The van der Waals surface area contributed by atoms with Gasteiger partial charge >= 0.3 is 0 Å². The number of aryl methyl sites for hydroxylation is 3. The van der Waals surface area contributed by atoms with Crippen LogP contribution >= 0.6 is 0 Å². The maximum Gasteiger partial charge on any atom is 0.0222 e. The maximum absolute atomic E-state index is 5.88. The van der Waals surface area contributed by atoms with Crippen LogP contribution in [-0.2, 0) is 6.54 Å². The average molecular weight is 407 g/mol. The van der Waals surface area contributed by atoms with Gasteiger partial charge in [-0.2, -0.15) is 0 Å². The number of hydrogen-bond donors (Lipinski definition) is 2. The molecule has 0 bridgehead atoms. The van der Waals surface area contributed by atoms with Crippen molar-refractivity contribution in [2.75, 3.05) is 0 Å². The highest BCUT2D eigenvalue weighted by molar-refractivity contribution is 5.74. The second kappa shape index (κ2) is 13.2. The van der Waals surface area contributed by atoms with Crippen LogP contribution in [0, 0.1) is 20.8 Å². The zero-order valence-corrected chi connectivity index (χ0v) is 20.2. The molecule has 2 unspecified atom stereocenters. The predicted octanol–water partition coefficient (Wildman–Crippen LogP) is 6.88. The Kier molecular flexibility index (Phi) is 11.4. The van der Waals surface area contributed by atoms with Crippen molar-refractivity contribution < 1.29 is 0 Å². The van der Waals surface area contributed by atoms with Crippen molar-refractivity contribution in [2.24, 2.45) is 5.73 Å². The summed E-state index contributed by atoms with van der Waals surface area (Å²) in [6, 6.07) is 15.9. The molecule has 2 heteroatoms. The van der Waals surface area contributed by atoms with Gasteiger partial charge in [-0.3, -0.25) is 0 Å². The minimum Gasteiger partial charge on any atom is -0.326 e. The van der Waals surface area contributed by atoms with Crippen LogP contribution in [0.25, 0.3) is 5.57 Å². The third-order valence-electron chi connectivity index (χ3n) is 5.42. The minimum atomic E-state index is 0.372. The Morgan fingerprint density at radius 3 is 2.17 bits per heavy atom. The summed E-state index contributed by atoms with van der Waals surface area (Å²) in [4.78, 5) is 0. The topological polar surface area (TPSA) is 38.0 Å². The molecule has 0 amide bonds. The SMILES string of the molecule is C=C(C=C(C)C)c1ccccc1C.CC.Cc1ccc(CNC2CCC2N)cc1C. The van der Waals surface area contributed by atoms with Gasteiger partial charge in [-0.05, 0) is 80.9 Å². The van der Waals surface area contributed by atoms with Gasteiger partial charge in [0.05, 0.1) is 0 Å². The van der Waals surface area contributed by atoms with Gasteiger partial charge in [-0.1, -0.05) is 74.5 Å². The Bertz CT molecular complexity index is 828. The highest BCUT2D eigenvalue weighted by Gasteiger charge is 2.26. The van der Waals surface area contributed by atoms with Crippen LogP contribution in [0.15, 0.2) is 60.7 Å². The Morgan fingerprint density at radius 2 is 1.67 bits per heavy atom. The molecule has 0 heterocycles. The summed E-state index contributed by atoms with van der Waals surface area (Å²) < 4.78 is 0. The van der Waals surface area contributed by atoms with Crippen LogP contribution in [0.3, 0.4) is 0 Å². The lowest BCUT2D eigenvalue weighted by Crippen LogP contribution is -2.52. The molecule has 0 spiro atoms. The molecule has 164 valence electrons. The molecule has 0 aromatic heterocycles. The lowest BCUT2D eigenvalue weighted by Gasteiger charge is -2.34. The molecule has 1 fully saturated rings. The van der Waals surface area contributed by atoms with E-state index in [2.05, 4.69) is 89.0 Å². The fraction of sp³-hybridized carbons (Fsp3) is 0.429. The van der Waals surface area contributed by atoms with E-state index in [4.69, 9.17) is 5.73 Å². The van der Waals surface area contributed by atoms with Gasteiger partial charge in [0, 0.05) is 18.6 Å². The molecule has 1 aliphatic rings. The molecule has 2 nitrogen and oxygen atoms in total. The van der Waals surface area contributed by atoms with E-state index in [9.17, 15) is 0 Å². The number of hydrogen-bond acceptors (Lipinski definition) is 2. The van der Waals surface area contributed by atoms with Crippen molar-refractivity contribution in [3.8, 4) is 0 Å². The second-order valence-corrected chi connectivity index (χ2v) is 8.21. The van der Waals surface area contributed by atoms with Crippen molar-refractivity contribution in [1.82, 2.24) is 5.32 Å². The van der Waals surface area contributed by atoms with Gasteiger partial charge in [-0.15, -0.1) is 0 Å². The Labute approximate surface area is 185 Å². The van der Waals surface area contributed by atoms with Crippen LogP contribution in [0.5, 0.6) is 0 Å². The van der Waals surface area contributed by atoms with Crippen LogP contribution in [-0.4, -0.2) is 12.1 Å². The lowest BCUT2D eigenvalue weighted by atomic mass is 9.87. The minimum absolute atomic E-state index is 0.372. The normalized spacial score (nSPS) is 16.8. The number of allylic oxidation sites excluding steroid dienone is 3. The first-order valence-electron chi connectivity index (χ1n) is 11.2. The zero-order valence-electron chi connectivity index (χ0n) is 20.2. The molecule has 0 aliphatic heterocycles. The summed E-state index contributed by atoms with van der Waals surface area (Å²) in [6.07, 6.45) is 4.51. The third kappa shape index (κ3) is 8.30. The number of nitrogens with one attached hydrogen (secondary N) is 1. The Hall–Kier alpha value is -2.16. The summed E-state index contributed by atoms with van der Waals surface area (Å²) in [5, 5.41) is 3.51. The van der Waals surface area contributed by atoms with E-state index in [-0.39, 0.29) is 0 Å². The van der Waals surface area contributed by atoms with Gasteiger partial charge in [0.25, 0.3) is 0 Å². The van der Waals surface area contributed by atoms with Gasteiger partial charge in [0.1, 0.15) is 0 Å². The van der Waals surface area contributed by atoms with E-state index in [1.54, 1.807) is 0 Å². The van der Waals surface area contributed by atoms with Crippen LogP contribution in [0.1, 0.15) is 68.4 Å². The van der Waals surface area contributed by atoms with Crippen LogP contribution < -0.4 is 11.1 Å². The summed E-state index contributed by atoms with van der Waals surface area (Å²) >= 11 is 0.